The van der Waals surface area contributed by atoms with Crippen LogP contribution in [0.1, 0.15) is 29.7 Å². The molecule has 0 amide bonds. The van der Waals surface area contributed by atoms with Gasteiger partial charge in [0.25, 0.3) is 0 Å². The van der Waals surface area contributed by atoms with Crippen LogP contribution in [0.2, 0.25) is 0 Å². The number of aliphatic hydroxyl groups excluding tert-OH is 4. The topological polar surface area (TPSA) is 104 Å². The minimum atomic E-state index is -1.51. The number of halogens is 1. The van der Waals surface area contributed by atoms with Crippen LogP contribution in [0.4, 0.5) is 4.39 Å². The standard InChI is InChI=1S/C24H28FNO6/c1-3-31-15-6-4-14(5-7-15)10-26-11-17(16-8-13(2)9-18(25)20(16)26)24-23(30)22(29)21(28)19(12-27)32-24/h4-9,11,19,21-24,27-30H,3,10,12H2,1-2H3/t19-,21-,22+,23-,24+/m1/s1. The Labute approximate surface area is 185 Å². The Morgan fingerprint density at radius 1 is 1.06 bits per heavy atom. The first kappa shape index (κ1) is 22.7. The quantitative estimate of drug-likeness (QED) is 0.463. The average Bonchev–Trinajstić information content (AvgIpc) is 3.12. The van der Waals surface area contributed by atoms with Crippen molar-refractivity contribution in [3.8, 4) is 5.75 Å². The second kappa shape index (κ2) is 9.17. The van der Waals surface area contributed by atoms with Crippen molar-refractivity contribution in [3.05, 3.63) is 65.1 Å². The number of aromatic nitrogens is 1. The number of benzene rings is 2. The third kappa shape index (κ3) is 4.12. The van der Waals surface area contributed by atoms with Gasteiger partial charge in [0, 0.05) is 23.7 Å². The smallest absolute Gasteiger partial charge is 0.147 e. The van der Waals surface area contributed by atoms with E-state index in [4.69, 9.17) is 9.47 Å². The highest BCUT2D eigenvalue weighted by atomic mass is 19.1. The van der Waals surface area contributed by atoms with Gasteiger partial charge in [-0.2, -0.15) is 0 Å². The molecular formula is C24H28FNO6. The molecule has 3 aromatic rings. The summed E-state index contributed by atoms with van der Waals surface area (Å²) in [6, 6.07) is 10.7. The zero-order valence-electron chi connectivity index (χ0n) is 18.0. The Morgan fingerprint density at radius 3 is 2.44 bits per heavy atom. The second-order valence-electron chi connectivity index (χ2n) is 8.18. The highest BCUT2D eigenvalue weighted by molar-refractivity contribution is 5.86. The highest BCUT2D eigenvalue weighted by Crippen LogP contribution is 2.38. The Bertz CT molecular complexity index is 1080. The molecule has 0 radical (unpaired) electrons. The van der Waals surface area contributed by atoms with Gasteiger partial charge in [0.2, 0.25) is 0 Å². The van der Waals surface area contributed by atoms with Gasteiger partial charge in [-0.05, 0) is 49.2 Å². The summed E-state index contributed by atoms with van der Waals surface area (Å²) in [6.07, 6.45) is -4.81. The molecule has 172 valence electrons. The summed E-state index contributed by atoms with van der Waals surface area (Å²) in [7, 11) is 0. The van der Waals surface area contributed by atoms with Crippen molar-refractivity contribution in [1.29, 1.82) is 0 Å². The molecule has 0 spiro atoms. The molecule has 1 fully saturated rings. The van der Waals surface area contributed by atoms with E-state index in [9.17, 15) is 20.4 Å². The number of ether oxygens (including phenoxy) is 2. The lowest BCUT2D eigenvalue weighted by molar-refractivity contribution is -0.231. The predicted molar refractivity (Wildman–Crippen MR) is 116 cm³/mol. The maximum atomic E-state index is 15.1. The van der Waals surface area contributed by atoms with E-state index in [0.29, 0.717) is 35.2 Å². The zero-order chi connectivity index (χ0) is 23.0. The van der Waals surface area contributed by atoms with Gasteiger partial charge in [-0.1, -0.05) is 12.1 Å². The molecule has 1 saturated heterocycles. The monoisotopic (exact) mass is 445 g/mol. The van der Waals surface area contributed by atoms with Gasteiger partial charge in [-0.15, -0.1) is 0 Å². The molecule has 4 N–H and O–H groups in total. The van der Waals surface area contributed by atoms with Gasteiger partial charge < -0.3 is 34.5 Å². The molecule has 0 unspecified atom stereocenters. The van der Waals surface area contributed by atoms with Crippen molar-refractivity contribution in [3.63, 3.8) is 0 Å². The van der Waals surface area contributed by atoms with Crippen LogP contribution in [0.5, 0.6) is 5.75 Å². The Hall–Kier alpha value is -2.49. The zero-order valence-corrected chi connectivity index (χ0v) is 18.0. The lowest BCUT2D eigenvalue weighted by Gasteiger charge is -2.40. The molecule has 7 nitrogen and oxygen atoms in total. The van der Waals surface area contributed by atoms with Crippen LogP contribution in [0.3, 0.4) is 0 Å². The number of aliphatic hydroxyl groups is 4. The summed E-state index contributed by atoms with van der Waals surface area (Å²) in [5.74, 6) is 0.333. The lowest BCUT2D eigenvalue weighted by atomic mass is 9.91. The summed E-state index contributed by atoms with van der Waals surface area (Å²) in [5, 5.41) is 41.1. The van der Waals surface area contributed by atoms with Crippen molar-refractivity contribution >= 4 is 10.9 Å². The predicted octanol–water partition coefficient (Wildman–Crippen LogP) is 2.05. The number of fused-ring (bicyclic) bond motifs is 1. The van der Waals surface area contributed by atoms with E-state index in [2.05, 4.69) is 0 Å². The number of rotatable bonds is 6. The summed E-state index contributed by atoms with van der Waals surface area (Å²) < 4.78 is 28.0. The summed E-state index contributed by atoms with van der Waals surface area (Å²) in [6.45, 7) is 4.07. The summed E-state index contributed by atoms with van der Waals surface area (Å²) in [4.78, 5) is 0. The van der Waals surface area contributed by atoms with Gasteiger partial charge >= 0.3 is 0 Å². The van der Waals surface area contributed by atoms with E-state index < -0.39 is 42.9 Å². The molecule has 1 aliphatic heterocycles. The number of nitrogens with zero attached hydrogens (tertiary/aromatic N) is 1. The molecule has 8 heteroatoms. The fraction of sp³-hybridized carbons (Fsp3) is 0.417. The Morgan fingerprint density at radius 2 is 1.78 bits per heavy atom. The molecule has 0 aliphatic carbocycles. The maximum Gasteiger partial charge on any atom is 0.147 e. The van der Waals surface area contributed by atoms with Crippen molar-refractivity contribution in [2.75, 3.05) is 13.2 Å². The normalized spacial score (nSPS) is 25.9. The van der Waals surface area contributed by atoms with Crippen LogP contribution in [-0.4, -0.2) is 62.6 Å². The van der Waals surface area contributed by atoms with E-state index in [1.54, 1.807) is 23.8 Å². The fourth-order valence-corrected chi connectivity index (χ4v) is 4.31. The van der Waals surface area contributed by atoms with E-state index in [0.717, 1.165) is 11.3 Å². The van der Waals surface area contributed by atoms with Crippen LogP contribution in [0.15, 0.2) is 42.6 Å². The van der Waals surface area contributed by atoms with Gasteiger partial charge in [0.15, 0.2) is 0 Å². The van der Waals surface area contributed by atoms with E-state index in [1.165, 1.54) is 6.07 Å². The molecule has 32 heavy (non-hydrogen) atoms. The first-order chi connectivity index (χ1) is 15.3. The molecule has 5 atom stereocenters. The molecule has 0 saturated carbocycles. The van der Waals surface area contributed by atoms with Crippen LogP contribution >= 0.6 is 0 Å². The molecular weight excluding hydrogens is 417 g/mol. The van der Waals surface area contributed by atoms with E-state index in [-0.39, 0.29) is 0 Å². The fourth-order valence-electron chi connectivity index (χ4n) is 4.31. The molecule has 2 aromatic carbocycles. The maximum absolute atomic E-state index is 15.1. The molecule has 1 aromatic heterocycles. The van der Waals surface area contributed by atoms with Gasteiger partial charge in [0.05, 0.1) is 18.7 Å². The third-order valence-electron chi connectivity index (χ3n) is 5.89. The van der Waals surface area contributed by atoms with Gasteiger partial charge in [-0.3, -0.25) is 0 Å². The highest BCUT2D eigenvalue weighted by Gasteiger charge is 2.45. The van der Waals surface area contributed by atoms with Gasteiger partial charge in [0.1, 0.15) is 42.1 Å². The Balaban J connectivity index is 1.77. The van der Waals surface area contributed by atoms with Crippen LogP contribution < -0.4 is 4.74 Å². The minimum absolute atomic E-state index is 0.344. The second-order valence-corrected chi connectivity index (χ2v) is 8.18. The minimum Gasteiger partial charge on any atom is -0.494 e. The average molecular weight is 445 g/mol. The lowest BCUT2D eigenvalue weighted by Crippen LogP contribution is -2.55. The molecule has 0 bridgehead atoms. The molecule has 4 rings (SSSR count). The van der Waals surface area contributed by atoms with Crippen molar-refractivity contribution in [2.45, 2.75) is 50.9 Å². The van der Waals surface area contributed by atoms with Crippen LogP contribution in [-0.2, 0) is 11.3 Å². The summed E-state index contributed by atoms with van der Waals surface area (Å²) in [5.41, 5.74) is 2.44. The van der Waals surface area contributed by atoms with Crippen LogP contribution in [0.25, 0.3) is 10.9 Å². The summed E-state index contributed by atoms with van der Waals surface area (Å²) >= 11 is 0. The van der Waals surface area contributed by atoms with Crippen LogP contribution in [0, 0.1) is 12.7 Å². The number of hydrogen-bond donors (Lipinski definition) is 4. The molecule has 1 aliphatic rings. The van der Waals surface area contributed by atoms with Crippen molar-refractivity contribution in [2.24, 2.45) is 0 Å². The third-order valence-corrected chi connectivity index (χ3v) is 5.89. The SMILES string of the molecule is CCOc1ccc(Cn2cc([C@@H]3O[C@H](CO)[C@@H](O)[C@H](O)[C@H]3O)c3cc(C)cc(F)c32)cc1. The van der Waals surface area contributed by atoms with Crippen molar-refractivity contribution < 1.29 is 34.3 Å². The largest absolute Gasteiger partial charge is 0.494 e. The number of hydrogen-bond acceptors (Lipinski definition) is 6. The van der Waals surface area contributed by atoms with E-state index in [1.807, 2.05) is 31.2 Å². The Kier molecular flexibility index (Phi) is 6.50. The molecule has 2 heterocycles. The first-order valence-electron chi connectivity index (χ1n) is 10.6. The number of aryl methyl sites for hydroxylation is 1. The van der Waals surface area contributed by atoms with E-state index >= 15 is 4.39 Å². The first-order valence-corrected chi connectivity index (χ1v) is 10.6. The van der Waals surface area contributed by atoms with Gasteiger partial charge in [-0.25, -0.2) is 4.39 Å². The van der Waals surface area contributed by atoms with Crippen molar-refractivity contribution in [1.82, 2.24) is 4.57 Å².